The van der Waals surface area contributed by atoms with Crippen molar-refractivity contribution >= 4 is 46.3 Å². The first kappa shape index (κ1) is 25.8. The molecule has 1 N–H and O–H groups in total. The molecule has 0 spiro atoms. The highest BCUT2D eigenvalue weighted by Gasteiger charge is 2.35. The van der Waals surface area contributed by atoms with Crippen LogP contribution in [0.2, 0.25) is 0 Å². The molecule has 0 radical (unpaired) electrons. The van der Waals surface area contributed by atoms with Crippen molar-refractivity contribution < 1.29 is 14.7 Å². The van der Waals surface area contributed by atoms with Gasteiger partial charge < -0.3 is 10.0 Å². The van der Waals surface area contributed by atoms with Crippen molar-refractivity contribution in [2.24, 2.45) is 4.99 Å². The number of thioether (sulfide) groups is 1. The summed E-state index contributed by atoms with van der Waals surface area (Å²) >= 11 is 1.37. The Morgan fingerprint density at radius 3 is 2.50 bits per heavy atom. The smallest absolute Gasteiger partial charge is 0.335 e. The van der Waals surface area contributed by atoms with Crippen LogP contribution in [-0.2, 0) is 11.3 Å². The molecule has 0 bridgehead atoms. The summed E-state index contributed by atoms with van der Waals surface area (Å²) in [4.78, 5) is 34.3. The topological polar surface area (TPSA) is 73.2 Å². The van der Waals surface area contributed by atoms with Crippen molar-refractivity contribution in [2.75, 3.05) is 11.9 Å². The normalized spacial score (nSPS) is 20.7. The molecule has 0 aliphatic carbocycles. The number of carboxylic acid groups (broad SMARTS) is 1. The molecule has 2 heterocycles. The maximum atomic E-state index is 13.6. The number of hydrogen-bond donors (Lipinski definition) is 1. The molecule has 7 heteroatoms. The number of rotatable bonds is 5. The molecule has 1 atom stereocenters. The summed E-state index contributed by atoms with van der Waals surface area (Å²) in [6, 6.07) is 22.6. The van der Waals surface area contributed by atoms with Gasteiger partial charge in [-0.25, -0.2) is 9.79 Å². The molecule has 2 aliphatic rings. The van der Waals surface area contributed by atoms with Crippen LogP contribution in [0.5, 0.6) is 0 Å². The Morgan fingerprint density at radius 2 is 1.82 bits per heavy atom. The molecule has 6 nitrogen and oxygen atoms in total. The SMILES string of the molecule is CC1CC(C)(C)N(C)c2ccc(/C=C3/SC(=Nc4ccccc4)N(Cc4ccc(C(=O)O)cc4)C3=O)cc21. The molecule has 1 amide bonds. The zero-order valence-corrected chi connectivity index (χ0v) is 22.8. The number of carboxylic acids is 1. The summed E-state index contributed by atoms with van der Waals surface area (Å²) in [5.41, 5.74) is 5.43. The van der Waals surface area contributed by atoms with Gasteiger partial charge in [0.1, 0.15) is 0 Å². The summed E-state index contributed by atoms with van der Waals surface area (Å²) in [6.07, 6.45) is 3.01. The number of aliphatic imine (C=N–C) groups is 1. The number of amidine groups is 1. The Morgan fingerprint density at radius 1 is 1.11 bits per heavy atom. The molecule has 0 aromatic heterocycles. The van der Waals surface area contributed by atoms with E-state index in [0.29, 0.717) is 22.5 Å². The Labute approximate surface area is 227 Å². The van der Waals surface area contributed by atoms with Crippen LogP contribution in [0.1, 0.15) is 60.2 Å². The highest BCUT2D eigenvalue weighted by Crippen LogP contribution is 2.43. The third-order valence-electron chi connectivity index (χ3n) is 7.37. The van der Waals surface area contributed by atoms with Gasteiger partial charge in [-0.15, -0.1) is 0 Å². The highest BCUT2D eigenvalue weighted by atomic mass is 32.2. The number of benzene rings is 3. The minimum Gasteiger partial charge on any atom is -0.478 e. The van der Waals surface area contributed by atoms with Crippen LogP contribution in [0.15, 0.2) is 82.7 Å². The minimum atomic E-state index is -0.977. The van der Waals surface area contributed by atoms with Gasteiger partial charge in [-0.2, -0.15) is 0 Å². The minimum absolute atomic E-state index is 0.0929. The van der Waals surface area contributed by atoms with E-state index in [4.69, 9.17) is 4.99 Å². The lowest BCUT2D eigenvalue weighted by molar-refractivity contribution is -0.122. The van der Waals surface area contributed by atoms with Gasteiger partial charge in [0.2, 0.25) is 0 Å². The predicted molar refractivity (Wildman–Crippen MR) is 155 cm³/mol. The van der Waals surface area contributed by atoms with Crippen molar-refractivity contribution in [3.8, 4) is 0 Å². The third-order valence-corrected chi connectivity index (χ3v) is 8.37. The van der Waals surface area contributed by atoms with Crippen molar-refractivity contribution in [1.82, 2.24) is 4.90 Å². The van der Waals surface area contributed by atoms with E-state index in [1.165, 1.54) is 23.0 Å². The number of anilines is 1. The van der Waals surface area contributed by atoms with Gasteiger partial charge in [-0.1, -0.05) is 43.3 Å². The second-order valence-electron chi connectivity index (χ2n) is 10.5. The van der Waals surface area contributed by atoms with Crippen LogP contribution < -0.4 is 4.90 Å². The number of amides is 1. The maximum Gasteiger partial charge on any atom is 0.335 e. The molecule has 0 saturated carbocycles. The standard InChI is InChI=1S/C31H31N3O3S/c1-20-18-31(2,3)33(4)26-15-12-22(16-25(20)26)17-27-28(35)34(19-21-10-13-23(14-11-21)29(36)37)30(38-27)32-24-8-6-5-7-9-24/h5-17,20H,18-19H2,1-4H3,(H,36,37)/b27-17+,32-30?. The zero-order chi connectivity index (χ0) is 27.0. The van der Waals surface area contributed by atoms with Gasteiger partial charge in [0, 0.05) is 18.3 Å². The molecular weight excluding hydrogens is 494 g/mol. The Kier molecular flexibility index (Phi) is 6.88. The van der Waals surface area contributed by atoms with Crippen LogP contribution in [-0.4, -0.2) is 39.6 Å². The molecule has 38 heavy (non-hydrogen) atoms. The largest absolute Gasteiger partial charge is 0.478 e. The monoisotopic (exact) mass is 525 g/mol. The van der Waals surface area contributed by atoms with Crippen LogP contribution in [0.25, 0.3) is 6.08 Å². The van der Waals surface area contributed by atoms with E-state index >= 15 is 0 Å². The Hall–Kier alpha value is -3.84. The van der Waals surface area contributed by atoms with E-state index in [1.807, 2.05) is 36.4 Å². The molecule has 1 saturated heterocycles. The van der Waals surface area contributed by atoms with E-state index in [9.17, 15) is 14.7 Å². The summed E-state index contributed by atoms with van der Waals surface area (Å²) < 4.78 is 0. The lowest BCUT2D eigenvalue weighted by Crippen LogP contribution is -2.45. The molecule has 2 aliphatic heterocycles. The van der Waals surface area contributed by atoms with Gasteiger partial charge in [0.15, 0.2) is 5.17 Å². The lowest BCUT2D eigenvalue weighted by Gasteiger charge is -2.45. The number of nitrogens with zero attached hydrogens (tertiary/aromatic N) is 3. The highest BCUT2D eigenvalue weighted by molar-refractivity contribution is 8.18. The first-order valence-corrected chi connectivity index (χ1v) is 13.5. The van der Waals surface area contributed by atoms with Crippen LogP contribution >= 0.6 is 11.8 Å². The second-order valence-corrected chi connectivity index (χ2v) is 11.5. The molecule has 3 aromatic rings. The molecule has 194 valence electrons. The molecule has 5 rings (SSSR count). The molecule has 1 fully saturated rings. The van der Waals surface area contributed by atoms with E-state index in [-0.39, 0.29) is 17.0 Å². The fourth-order valence-corrected chi connectivity index (χ4v) is 6.11. The van der Waals surface area contributed by atoms with Gasteiger partial charge in [-0.3, -0.25) is 9.69 Å². The lowest BCUT2D eigenvalue weighted by atomic mass is 9.80. The van der Waals surface area contributed by atoms with E-state index in [0.717, 1.165) is 23.2 Å². The summed E-state index contributed by atoms with van der Waals surface area (Å²) in [5, 5.41) is 9.82. The quantitative estimate of drug-likeness (QED) is 0.367. The second kappa shape index (κ2) is 10.1. The Balaban J connectivity index is 1.48. The first-order chi connectivity index (χ1) is 18.1. The summed E-state index contributed by atoms with van der Waals surface area (Å²) in [7, 11) is 2.15. The van der Waals surface area contributed by atoms with Crippen molar-refractivity contribution in [3.63, 3.8) is 0 Å². The fourth-order valence-electron chi connectivity index (χ4n) is 5.12. The zero-order valence-electron chi connectivity index (χ0n) is 22.0. The molecular formula is C31H31N3O3S. The van der Waals surface area contributed by atoms with Crippen LogP contribution in [0.4, 0.5) is 11.4 Å². The molecule has 3 aromatic carbocycles. The predicted octanol–water partition coefficient (Wildman–Crippen LogP) is 6.91. The number of aromatic carboxylic acids is 1. The number of carbonyl (C=O) groups excluding carboxylic acids is 1. The Bertz CT molecular complexity index is 1440. The van der Waals surface area contributed by atoms with Gasteiger partial charge in [0.05, 0.1) is 22.7 Å². The van der Waals surface area contributed by atoms with Crippen molar-refractivity contribution in [1.29, 1.82) is 0 Å². The van der Waals surface area contributed by atoms with Gasteiger partial charge >= 0.3 is 5.97 Å². The van der Waals surface area contributed by atoms with E-state index in [2.05, 4.69) is 50.9 Å². The number of fused-ring (bicyclic) bond motifs is 1. The maximum absolute atomic E-state index is 13.6. The van der Waals surface area contributed by atoms with Crippen molar-refractivity contribution in [2.45, 2.75) is 45.2 Å². The van der Waals surface area contributed by atoms with E-state index < -0.39 is 5.97 Å². The first-order valence-electron chi connectivity index (χ1n) is 12.7. The third kappa shape index (κ3) is 5.11. The number of para-hydroxylation sites is 1. The average Bonchev–Trinajstić information content (AvgIpc) is 3.17. The average molecular weight is 526 g/mol. The number of carbonyl (C=O) groups is 2. The van der Waals surface area contributed by atoms with Crippen LogP contribution in [0.3, 0.4) is 0 Å². The van der Waals surface area contributed by atoms with Gasteiger partial charge in [0.25, 0.3) is 5.91 Å². The summed E-state index contributed by atoms with van der Waals surface area (Å²) in [6.45, 7) is 7.11. The fraction of sp³-hybridized carbons (Fsp3) is 0.258. The molecule has 1 unspecified atom stereocenters. The van der Waals surface area contributed by atoms with E-state index in [1.54, 1.807) is 29.2 Å². The van der Waals surface area contributed by atoms with Gasteiger partial charge in [-0.05, 0) is 97.1 Å². The van der Waals surface area contributed by atoms with Crippen LogP contribution in [0, 0.1) is 0 Å². The van der Waals surface area contributed by atoms with Crippen molar-refractivity contribution in [3.05, 3.63) is 100.0 Å². The number of hydrogen-bond acceptors (Lipinski definition) is 5. The summed E-state index contributed by atoms with van der Waals surface area (Å²) in [5.74, 6) is -0.673.